The van der Waals surface area contributed by atoms with Gasteiger partial charge in [0.15, 0.2) is 5.78 Å². The molecule has 1 aromatic carbocycles. The number of ketones is 1. The van der Waals surface area contributed by atoms with Crippen LogP contribution in [0.5, 0.6) is 0 Å². The molecule has 0 saturated carbocycles. The Labute approximate surface area is 87.7 Å². The summed E-state index contributed by atoms with van der Waals surface area (Å²) in [7, 11) is 0. The van der Waals surface area contributed by atoms with Crippen LogP contribution in [0.4, 0.5) is 0 Å². The van der Waals surface area contributed by atoms with Crippen molar-refractivity contribution >= 4 is 5.78 Å². The summed E-state index contributed by atoms with van der Waals surface area (Å²) in [6, 6.07) is 9.19. The summed E-state index contributed by atoms with van der Waals surface area (Å²) >= 11 is 0. The van der Waals surface area contributed by atoms with Crippen molar-refractivity contribution in [3.63, 3.8) is 0 Å². The Balaban J connectivity index is 2.39. The van der Waals surface area contributed by atoms with Crippen molar-refractivity contribution in [2.75, 3.05) is 0 Å². The van der Waals surface area contributed by atoms with Crippen molar-refractivity contribution in [1.82, 2.24) is 5.16 Å². The second-order valence-corrected chi connectivity index (χ2v) is 3.24. The summed E-state index contributed by atoms with van der Waals surface area (Å²) in [6.45, 7) is 1.85. The van der Waals surface area contributed by atoms with Crippen molar-refractivity contribution in [3.8, 4) is 11.3 Å². The first-order chi connectivity index (χ1) is 7.31. The zero-order valence-electron chi connectivity index (χ0n) is 8.43. The number of Topliss-reactive ketones (excluding diaryl/α,β-unsaturated/α-hetero) is 1. The lowest BCUT2D eigenvalue weighted by atomic mass is 10.0. The summed E-state index contributed by atoms with van der Waals surface area (Å²) < 4.78 is 4.76. The standard InChI is InChI=1S/C12H11NO2/c1-2-12(14)10-5-3-4-9(8-10)11-6-7-15-13-11/h3-8H,2H2,1H3. The molecular formula is C12H11NO2. The monoisotopic (exact) mass is 201 g/mol. The highest BCUT2D eigenvalue weighted by Crippen LogP contribution is 2.18. The van der Waals surface area contributed by atoms with Crippen LogP contribution in [0.2, 0.25) is 0 Å². The Morgan fingerprint density at radius 1 is 1.40 bits per heavy atom. The van der Waals surface area contributed by atoms with E-state index in [9.17, 15) is 4.79 Å². The van der Waals surface area contributed by atoms with Gasteiger partial charge in [-0.1, -0.05) is 30.3 Å². The molecule has 2 rings (SSSR count). The minimum absolute atomic E-state index is 0.139. The maximum atomic E-state index is 11.5. The molecular weight excluding hydrogens is 190 g/mol. The second-order valence-electron chi connectivity index (χ2n) is 3.24. The van der Waals surface area contributed by atoms with Crippen LogP contribution in [0, 0.1) is 0 Å². The Morgan fingerprint density at radius 2 is 2.27 bits per heavy atom. The first-order valence-corrected chi connectivity index (χ1v) is 4.85. The van der Waals surface area contributed by atoms with Crippen molar-refractivity contribution < 1.29 is 9.32 Å². The largest absolute Gasteiger partial charge is 0.364 e. The summed E-state index contributed by atoms with van der Waals surface area (Å²) in [5.41, 5.74) is 2.38. The third-order valence-electron chi connectivity index (χ3n) is 2.24. The first-order valence-electron chi connectivity index (χ1n) is 4.85. The fourth-order valence-corrected chi connectivity index (χ4v) is 1.42. The Morgan fingerprint density at radius 3 is 2.93 bits per heavy atom. The molecule has 1 heterocycles. The van der Waals surface area contributed by atoms with Gasteiger partial charge in [0, 0.05) is 23.6 Å². The van der Waals surface area contributed by atoms with Gasteiger partial charge >= 0.3 is 0 Å². The predicted molar refractivity (Wildman–Crippen MR) is 56.6 cm³/mol. The van der Waals surface area contributed by atoms with Crippen LogP contribution in [-0.4, -0.2) is 10.9 Å². The van der Waals surface area contributed by atoms with E-state index in [4.69, 9.17) is 4.52 Å². The highest BCUT2D eigenvalue weighted by molar-refractivity contribution is 5.96. The van der Waals surface area contributed by atoms with Crippen LogP contribution < -0.4 is 0 Å². The Kier molecular flexibility index (Phi) is 2.63. The van der Waals surface area contributed by atoms with Gasteiger partial charge in [-0.05, 0) is 6.07 Å². The smallest absolute Gasteiger partial charge is 0.162 e. The molecule has 0 fully saturated rings. The van der Waals surface area contributed by atoms with Gasteiger partial charge in [-0.3, -0.25) is 4.79 Å². The Hall–Kier alpha value is -1.90. The number of carbonyl (C=O) groups is 1. The molecule has 0 bridgehead atoms. The molecule has 3 nitrogen and oxygen atoms in total. The van der Waals surface area contributed by atoms with Gasteiger partial charge in [0.1, 0.15) is 12.0 Å². The van der Waals surface area contributed by atoms with Crippen LogP contribution >= 0.6 is 0 Å². The van der Waals surface area contributed by atoms with Gasteiger partial charge in [-0.2, -0.15) is 0 Å². The van der Waals surface area contributed by atoms with E-state index in [-0.39, 0.29) is 5.78 Å². The molecule has 0 radical (unpaired) electrons. The highest BCUT2D eigenvalue weighted by Gasteiger charge is 2.06. The topological polar surface area (TPSA) is 43.1 Å². The normalized spacial score (nSPS) is 10.2. The average Bonchev–Trinajstić information content (AvgIpc) is 2.82. The summed E-state index contributed by atoms with van der Waals surface area (Å²) in [5.74, 6) is 0.139. The molecule has 0 aliphatic heterocycles. The third kappa shape index (κ3) is 1.96. The van der Waals surface area contributed by atoms with E-state index in [1.807, 2.05) is 31.2 Å². The minimum Gasteiger partial charge on any atom is -0.364 e. The molecule has 1 aromatic heterocycles. The van der Waals surface area contributed by atoms with E-state index >= 15 is 0 Å². The van der Waals surface area contributed by atoms with Crippen LogP contribution in [0.25, 0.3) is 11.3 Å². The van der Waals surface area contributed by atoms with Gasteiger partial charge in [0.25, 0.3) is 0 Å². The molecule has 0 aliphatic rings. The second kappa shape index (κ2) is 4.09. The minimum atomic E-state index is 0.139. The van der Waals surface area contributed by atoms with Crippen molar-refractivity contribution in [1.29, 1.82) is 0 Å². The molecule has 0 amide bonds. The lowest BCUT2D eigenvalue weighted by Crippen LogP contribution is -1.96. The van der Waals surface area contributed by atoms with Crippen LogP contribution in [0.15, 0.2) is 41.1 Å². The number of hydrogen-bond donors (Lipinski definition) is 0. The molecule has 0 saturated heterocycles. The van der Waals surface area contributed by atoms with E-state index in [0.29, 0.717) is 6.42 Å². The Bertz CT molecular complexity index is 460. The van der Waals surface area contributed by atoms with E-state index in [1.54, 1.807) is 6.07 Å². The first kappa shape index (κ1) is 9.65. The number of carbonyl (C=O) groups excluding carboxylic acids is 1. The van der Waals surface area contributed by atoms with E-state index in [0.717, 1.165) is 16.8 Å². The van der Waals surface area contributed by atoms with Crippen molar-refractivity contribution in [2.24, 2.45) is 0 Å². The van der Waals surface area contributed by atoms with Gasteiger partial charge in [-0.25, -0.2) is 0 Å². The number of benzene rings is 1. The molecule has 3 heteroatoms. The summed E-state index contributed by atoms with van der Waals surface area (Å²) in [6.07, 6.45) is 2.03. The van der Waals surface area contributed by atoms with E-state index < -0.39 is 0 Å². The summed E-state index contributed by atoms with van der Waals surface area (Å²) in [5, 5.41) is 3.83. The van der Waals surface area contributed by atoms with Crippen LogP contribution in [0.1, 0.15) is 23.7 Å². The highest BCUT2D eigenvalue weighted by atomic mass is 16.5. The van der Waals surface area contributed by atoms with Crippen molar-refractivity contribution in [2.45, 2.75) is 13.3 Å². The van der Waals surface area contributed by atoms with Gasteiger partial charge < -0.3 is 4.52 Å². The zero-order valence-corrected chi connectivity index (χ0v) is 8.43. The third-order valence-corrected chi connectivity index (χ3v) is 2.24. The zero-order chi connectivity index (χ0) is 10.7. The molecule has 0 spiro atoms. The number of hydrogen-bond acceptors (Lipinski definition) is 3. The number of rotatable bonds is 3. The fraction of sp³-hybridized carbons (Fsp3) is 0.167. The quantitative estimate of drug-likeness (QED) is 0.717. The lowest BCUT2D eigenvalue weighted by Gasteiger charge is -2.00. The van der Waals surface area contributed by atoms with Crippen LogP contribution in [0.3, 0.4) is 0 Å². The molecule has 0 aliphatic carbocycles. The van der Waals surface area contributed by atoms with Crippen molar-refractivity contribution in [3.05, 3.63) is 42.2 Å². The molecule has 0 atom stereocenters. The SMILES string of the molecule is CCC(=O)c1cccc(-c2ccon2)c1. The molecule has 0 N–H and O–H groups in total. The summed E-state index contributed by atoms with van der Waals surface area (Å²) in [4.78, 5) is 11.5. The molecule has 15 heavy (non-hydrogen) atoms. The maximum Gasteiger partial charge on any atom is 0.162 e. The molecule has 76 valence electrons. The predicted octanol–water partition coefficient (Wildman–Crippen LogP) is 2.93. The van der Waals surface area contributed by atoms with Crippen LogP contribution in [-0.2, 0) is 0 Å². The lowest BCUT2D eigenvalue weighted by molar-refractivity contribution is 0.0988. The average molecular weight is 201 g/mol. The number of aromatic nitrogens is 1. The van der Waals surface area contributed by atoms with E-state index in [1.165, 1.54) is 6.26 Å². The van der Waals surface area contributed by atoms with E-state index in [2.05, 4.69) is 5.16 Å². The van der Waals surface area contributed by atoms with Gasteiger partial charge in [0.2, 0.25) is 0 Å². The maximum absolute atomic E-state index is 11.5. The van der Waals surface area contributed by atoms with Gasteiger partial charge in [0.05, 0.1) is 0 Å². The molecule has 0 unspecified atom stereocenters. The molecule has 2 aromatic rings. The van der Waals surface area contributed by atoms with Gasteiger partial charge in [-0.15, -0.1) is 0 Å². The fourth-order valence-electron chi connectivity index (χ4n) is 1.42. The number of nitrogens with zero attached hydrogens (tertiary/aromatic N) is 1.